The minimum absolute atomic E-state index is 0.00561. The zero-order chi connectivity index (χ0) is 24.5. The van der Waals surface area contributed by atoms with Gasteiger partial charge in [-0.1, -0.05) is 83.4 Å². The van der Waals surface area contributed by atoms with Gasteiger partial charge in [-0.25, -0.2) is 4.99 Å². The van der Waals surface area contributed by atoms with Crippen LogP contribution in [0.5, 0.6) is 0 Å². The highest BCUT2D eigenvalue weighted by molar-refractivity contribution is 5.89. The Balaban J connectivity index is 0.00000187. The van der Waals surface area contributed by atoms with E-state index in [-0.39, 0.29) is 10.8 Å². The van der Waals surface area contributed by atoms with Gasteiger partial charge in [-0.3, -0.25) is 0 Å². The van der Waals surface area contributed by atoms with Gasteiger partial charge in [0.25, 0.3) is 0 Å². The molecule has 0 radical (unpaired) electrons. The van der Waals surface area contributed by atoms with Gasteiger partial charge in [0, 0.05) is 22.5 Å². The Hall–Kier alpha value is -3.01. The van der Waals surface area contributed by atoms with E-state index >= 15 is 0 Å². The second-order valence-corrected chi connectivity index (χ2v) is 9.99. The standard InChI is InChI=1S/C27H38N4.C2H4/c1-20(27(5)18-12-7-13-19-27)29-25(30-21-14-8-6-9-15-21)24(28)31-23-17-11-10-16-22(23)26(2,3)4;1-2/h6,8-11,14-17,30-31H,7,12-13,18-19,28H2,1-5H3;1-2H2/b25-24-,29-20+;. The summed E-state index contributed by atoms with van der Waals surface area (Å²) in [5.74, 6) is 1.19. The van der Waals surface area contributed by atoms with Crippen LogP contribution in [-0.4, -0.2) is 5.71 Å². The van der Waals surface area contributed by atoms with Gasteiger partial charge < -0.3 is 16.4 Å². The maximum absolute atomic E-state index is 6.63. The van der Waals surface area contributed by atoms with Gasteiger partial charge in [0.1, 0.15) is 5.82 Å². The van der Waals surface area contributed by atoms with Gasteiger partial charge in [0.05, 0.1) is 0 Å². The van der Waals surface area contributed by atoms with Gasteiger partial charge in [-0.2, -0.15) is 0 Å². The van der Waals surface area contributed by atoms with Crippen molar-refractivity contribution in [2.24, 2.45) is 16.1 Å². The van der Waals surface area contributed by atoms with Crippen molar-refractivity contribution >= 4 is 17.1 Å². The molecule has 0 amide bonds. The molecular weight excluding hydrogens is 404 g/mol. The predicted octanol–water partition coefficient (Wildman–Crippen LogP) is 7.83. The average Bonchev–Trinajstić information content (AvgIpc) is 2.80. The van der Waals surface area contributed by atoms with Crippen LogP contribution in [-0.2, 0) is 5.41 Å². The molecule has 0 aromatic heterocycles. The van der Waals surface area contributed by atoms with Crippen molar-refractivity contribution in [1.29, 1.82) is 0 Å². The SMILES string of the molecule is C/C(=N\C(Nc1ccccc1)=C(/N)Nc1ccccc1C(C)(C)C)C1(C)CCCCC1.C=C. The second-order valence-electron chi connectivity index (χ2n) is 9.99. The van der Waals surface area contributed by atoms with Crippen molar-refractivity contribution in [3.05, 3.63) is 85.0 Å². The van der Waals surface area contributed by atoms with Gasteiger partial charge in [-0.05, 0) is 48.9 Å². The molecule has 0 spiro atoms. The summed E-state index contributed by atoms with van der Waals surface area (Å²) in [5.41, 5.74) is 11.1. The lowest BCUT2D eigenvalue weighted by molar-refractivity contribution is 0.311. The lowest BCUT2D eigenvalue weighted by Crippen LogP contribution is -2.29. The third kappa shape index (κ3) is 7.24. The molecule has 0 heterocycles. The number of rotatable bonds is 6. The number of nitrogens with zero attached hydrogens (tertiary/aromatic N) is 1. The van der Waals surface area contributed by atoms with Crippen LogP contribution >= 0.6 is 0 Å². The molecule has 1 aliphatic rings. The van der Waals surface area contributed by atoms with Crippen molar-refractivity contribution in [1.82, 2.24) is 0 Å². The van der Waals surface area contributed by atoms with Gasteiger partial charge in [0.2, 0.25) is 0 Å². The zero-order valence-corrected chi connectivity index (χ0v) is 21.2. The molecule has 1 aliphatic carbocycles. The van der Waals surface area contributed by atoms with Gasteiger partial charge >= 0.3 is 0 Å². The van der Waals surface area contributed by atoms with Crippen molar-refractivity contribution < 1.29 is 0 Å². The first-order valence-electron chi connectivity index (χ1n) is 11.9. The Morgan fingerprint density at radius 2 is 1.48 bits per heavy atom. The second kappa shape index (κ2) is 11.7. The van der Waals surface area contributed by atoms with Gasteiger partial charge in [0.15, 0.2) is 5.82 Å². The summed E-state index contributed by atoms with van der Waals surface area (Å²) in [6, 6.07) is 18.4. The van der Waals surface area contributed by atoms with Crippen molar-refractivity contribution in [3.8, 4) is 0 Å². The lowest BCUT2D eigenvalue weighted by Gasteiger charge is -2.33. The largest absolute Gasteiger partial charge is 0.382 e. The summed E-state index contributed by atoms with van der Waals surface area (Å²) in [6.07, 6.45) is 6.21. The van der Waals surface area contributed by atoms with Crippen molar-refractivity contribution in [3.63, 3.8) is 0 Å². The highest BCUT2D eigenvalue weighted by Gasteiger charge is 2.30. The van der Waals surface area contributed by atoms with E-state index in [1.165, 1.54) is 37.7 Å². The Morgan fingerprint density at radius 1 is 0.909 bits per heavy atom. The molecule has 0 atom stereocenters. The van der Waals surface area contributed by atoms with E-state index < -0.39 is 0 Å². The minimum atomic E-state index is 0.00561. The van der Waals surface area contributed by atoms with Gasteiger partial charge in [-0.15, -0.1) is 13.2 Å². The molecule has 4 heteroatoms. The van der Waals surface area contributed by atoms with Crippen LogP contribution in [0.2, 0.25) is 0 Å². The fourth-order valence-electron chi connectivity index (χ4n) is 4.26. The molecule has 4 nitrogen and oxygen atoms in total. The van der Waals surface area contributed by atoms with E-state index in [2.05, 4.69) is 76.6 Å². The lowest BCUT2D eigenvalue weighted by atomic mass is 9.73. The van der Waals surface area contributed by atoms with E-state index in [1.54, 1.807) is 0 Å². The Labute approximate surface area is 201 Å². The van der Waals surface area contributed by atoms with Crippen LogP contribution < -0.4 is 16.4 Å². The molecule has 4 N–H and O–H groups in total. The van der Waals surface area contributed by atoms with Crippen LogP contribution in [0.3, 0.4) is 0 Å². The van der Waals surface area contributed by atoms with Crippen molar-refractivity contribution in [2.75, 3.05) is 10.6 Å². The molecule has 2 aromatic rings. The Bertz CT molecular complexity index is 945. The molecule has 0 saturated heterocycles. The molecule has 0 unspecified atom stereocenters. The van der Waals surface area contributed by atoms with E-state index in [0.717, 1.165) is 17.1 Å². The third-order valence-corrected chi connectivity index (χ3v) is 6.41. The van der Waals surface area contributed by atoms with Crippen LogP contribution in [0.1, 0.15) is 72.3 Å². The maximum atomic E-state index is 6.63. The van der Waals surface area contributed by atoms with E-state index in [9.17, 15) is 0 Å². The molecule has 0 bridgehead atoms. The zero-order valence-electron chi connectivity index (χ0n) is 21.2. The highest BCUT2D eigenvalue weighted by Crippen LogP contribution is 2.37. The monoisotopic (exact) mass is 446 g/mol. The predicted molar refractivity (Wildman–Crippen MR) is 146 cm³/mol. The quantitative estimate of drug-likeness (QED) is 0.313. The maximum Gasteiger partial charge on any atom is 0.171 e. The van der Waals surface area contributed by atoms with E-state index in [0.29, 0.717) is 11.6 Å². The molecule has 178 valence electrons. The number of hydrogen-bond acceptors (Lipinski definition) is 4. The molecule has 1 fully saturated rings. The number of aliphatic imine (C=N–C) groups is 1. The number of nitrogens with two attached hydrogens (primary N) is 1. The summed E-state index contributed by atoms with van der Waals surface area (Å²) in [6.45, 7) is 17.1. The van der Waals surface area contributed by atoms with E-state index in [1.807, 2.05) is 36.4 Å². The molecule has 2 aromatic carbocycles. The number of hydrogen-bond donors (Lipinski definition) is 3. The third-order valence-electron chi connectivity index (χ3n) is 6.41. The first-order chi connectivity index (χ1) is 15.7. The molecular formula is C29H42N4. The first kappa shape index (κ1) is 26.2. The average molecular weight is 447 g/mol. The number of benzene rings is 2. The fourth-order valence-corrected chi connectivity index (χ4v) is 4.26. The molecule has 1 saturated carbocycles. The number of nitrogens with one attached hydrogen (secondary N) is 2. The van der Waals surface area contributed by atoms with Crippen molar-refractivity contribution in [2.45, 2.75) is 72.1 Å². The summed E-state index contributed by atoms with van der Waals surface area (Å²) in [7, 11) is 0. The summed E-state index contributed by atoms with van der Waals surface area (Å²) in [4.78, 5) is 5.05. The number of para-hydroxylation sites is 2. The summed E-state index contributed by atoms with van der Waals surface area (Å²) < 4.78 is 0. The highest BCUT2D eigenvalue weighted by atomic mass is 15.1. The van der Waals surface area contributed by atoms with Crippen LogP contribution in [0.15, 0.2) is 84.4 Å². The normalized spacial score (nSPS) is 16.7. The molecule has 3 rings (SSSR count). The van der Waals surface area contributed by atoms with Crippen LogP contribution in [0.4, 0.5) is 11.4 Å². The first-order valence-corrected chi connectivity index (χ1v) is 11.9. The van der Waals surface area contributed by atoms with Crippen LogP contribution in [0.25, 0.3) is 0 Å². The van der Waals surface area contributed by atoms with E-state index in [4.69, 9.17) is 10.7 Å². The molecule has 33 heavy (non-hydrogen) atoms. The minimum Gasteiger partial charge on any atom is -0.382 e. The summed E-state index contributed by atoms with van der Waals surface area (Å²) >= 11 is 0. The summed E-state index contributed by atoms with van der Waals surface area (Å²) in [5, 5.41) is 6.90. The Morgan fingerprint density at radius 3 is 2.09 bits per heavy atom. The Kier molecular flexibility index (Phi) is 9.33. The molecule has 0 aliphatic heterocycles. The van der Waals surface area contributed by atoms with Crippen LogP contribution in [0, 0.1) is 5.41 Å². The smallest absolute Gasteiger partial charge is 0.171 e. The number of anilines is 2. The topological polar surface area (TPSA) is 62.4 Å². The fraction of sp³-hybridized carbons (Fsp3) is 0.414.